The number of hydrogen-bond acceptors (Lipinski definition) is 3. The van der Waals surface area contributed by atoms with Crippen molar-refractivity contribution in [3.8, 4) is 5.69 Å². The van der Waals surface area contributed by atoms with E-state index in [0.717, 1.165) is 39.2 Å². The normalized spacial score (nSPS) is 16.7. The van der Waals surface area contributed by atoms with E-state index in [-0.39, 0.29) is 18.0 Å². The molecular formula is C34H33N5OS. The van der Waals surface area contributed by atoms with Crippen molar-refractivity contribution in [1.29, 1.82) is 0 Å². The summed E-state index contributed by atoms with van der Waals surface area (Å²) in [6.07, 6.45) is 2.11. The summed E-state index contributed by atoms with van der Waals surface area (Å²) in [4.78, 5) is 20.1. The van der Waals surface area contributed by atoms with Crippen molar-refractivity contribution in [2.75, 3.05) is 11.9 Å². The van der Waals surface area contributed by atoms with Crippen LogP contribution in [-0.4, -0.2) is 32.0 Å². The quantitative estimate of drug-likeness (QED) is 0.211. The van der Waals surface area contributed by atoms with Gasteiger partial charge in [0.1, 0.15) is 0 Å². The van der Waals surface area contributed by atoms with Crippen LogP contribution >= 0.6 is 12.2 Å². The van der Waals surface area contributed by atoms with Crippen LogP contribution in [-0.2, 0) is 4.79 Å². The van der Waals surface area contributed by atoms with Crippen molar-refractivity contribution in [2.45, 2.75) is 39.3 Å². The van der Waals surface area contributed by atoms with Crippen LogP contribution in [0, 0.1) is 20.8 Å². The molecule has 1 saturated heterocycles. The number of nitrogens with zero attached hydrogens (tertiary/aromatic N) is 3. The van der Waals surface area contributed by atoms with Gasteiger partial charge in [-0.1, -0.05) is 60.2 Å². The Morgan fingerprint density at radius 3 is 2.49 bits per heavy atom. The number of carbonyl (C=O) groups is 1. The second-order valence-electron chi connectivity index (χ2n) is 10.6. The van der Waals surface area contributed by atoms with E-state index in [1.165, 1.54) is 11.1 Å². The Morgan fingerprint density at radius 2 is 1.71 bits per heavy atom. The number of rotatable bonds is 7. The Balaban J connectivity index is 1.31. The lowest BCUT2D eigenvalue weighted by Gasteiger charge is -2.28. The fourth-order valence-corrected chi connectivity index (χ4v) is 6.26. The molecule has 0 aliphatic carbocycles. The first-order valence-corrected chi connectivity index (χ1v) is 14.3. The Morgan fingerprint density at radius 1 is 0.951 bits per heavy atom. The third-order valence-electron chi connectivity index (χ3n) is 7.92. The van der Waals surface area contributed by atoms with Crippen molar-refractivity contribution in [2.24, 2.45) is 0 Å². The second kappa shape index (κ2) is 11.2. The van der Waals surface area contributed by atoms with E-state index in [9.17, 15) is 4.79 Å². The minimum Gasteiger partial charge on any atom is -0.352 e. The van der Waals surface area contributed by atoms with E-state index in [2.05, 4.69) is 88.3 Å². The van der Waals surface area contributed by atoms with Crippen LogP contribution < -0.4 is 10.6 Å². The zero-order valence-electron chi connectivity index (χ0n) is 23.5. The number of aryl methyl sites for hydroxylation is 2. The summed E-state index contributed by atoms with van der Waals surface area (Å²) in [7, 11) is 0. The Bertz CT molecular complexity index is 1720. The third kappa shape index (κ3) is 5.21. The number of nitrogens with one attached hydrogen (secondary N) is 2. The lowest BCUT2D eigenvalue weighted by molar-refractivity contribution is -0.116. The van der Waals surface area contributed by atoms with E-state index in [4.69, 9.17) is 12.2 Å². The molecule has 3 heterocycles. The van der Waals surface area contributed by atoms with Crippen LogP contribution in [0.25, 0.3) is 16.5 Å². The standard InChI is InChI=1S/C34H33N5OS/c1-22-14-16-26(17-15-22)39-23(2)21-28(24(39)3)33-32(30-12-6-7-19-35-30)37-34(41)38(33)20-18-31(40)36-29-13-8-10-25-9-4-5-11-27(25)29/h4-17,19,21,32-33H,18,20H2,1-3H3,(H,36,40)(H,37,41). The van der Waals surface area contributed by atoms with E-state index in [0.29, 0.717) is 18.1 Å². The fraction of sp³-hybridized carbons (Fsp3) is 0.206. The number of thiocarbonyl (C=S) groups is 1. The molecule has 0 radical (unpaired) electrons. The van der Waals surface area contributed by atoms with Gasteiger partial charge in [-0.15, -0.1) is 0 Å². The molecule has 7 heteroatoms. The van der Waals surface area contributed by atoms with Crippen LogP contribution in [0.1, 0.15) is 46.7 Å². The number of carbonyl (C=O) groups excluding carboxylic acids is 1. The number of aromatic nitrogens is 2. The molecule has 2 atom stereocenters. The highest BCUT2D eigenvalue weighted by Gasteiger charge is 2.41. The number of fused-ring (bicyclic) bond motifs is 1. The first-order valence-electron chi connectivity index (χ1n) is 13.9. The minimum atomic E-state index is -0.142. The van der Waals surface area contributed by atoms with Crippen LogP contribution in [0.2, 0.25) is 0 Å². The summed E-state index contributed by atoms with van der Waals surface area (Å²) in [5, 5.41) is 9.40. The van der Waals surface area contributed by atoms with Crippen LogP contribution in [0.3, 0.4) is 0 Å². The van der Waals surface area contributed by atoms with Crippen LogP contribution in [0.4, 0.5) is 5.69 Å². The summed E-state index contributed by atoms with van der Waals surface area (Å²) in [5.74, 6) is -0.0469. The maximum absolute atomic E-state index is 13.2. The van der Waals surface area contributed by atoms with Crippen molar-refractivity contribution in [3.05, 3.63) is 125 Å². The SMILES string of the molecule is Cc1ccc(-n2c(C)cc(C3C(c4ccccn4)NC(=S)N3CCC(=O)Nc3cccc4ccccc34)c2C)cc1. The van der Waals surface area contributed by atoms with Gasteiger partial charge in [-0.3, -0.25) is 9.78 Å². The molecule has 6 nitrogen and oxygen atoms in total. The molecule has 2 N–H and O–H groups in total. The smallest absolute Gasteiger partial charge is 0.226 e. The first kappa shape index (κ1) is 26.7. The summed E-state index contributed by atoms with van der Waals surface area (Å²) in [6, 6.07) is 30.6. The molecule has 1 aliphatic heterocycles. The van der Waals surface area contributed by atoms with Gasteiger partial charge in [-0.05, 0) is 80.3 Å². The Kier molecular flexibility index (Phi) is 7.28. The molecule has 1 aliphatic rings. The van der Waals surface area contributed by atoms with Crippen LogP contribution in [0.15, 0.2) is 97.2 Å². The topological polar surface area (TPSA) is 62.2 Å². The highest BCUT2D eigenvalue weighted by atomic mass is 32.1. The number of pyridine rings is 1. The molecular weight excluding hydrogens is 526 g/mol. The van der Waals surface area contributed by atoms with E-state index < -0.39 is 0 Å². The predicted octanol–water partition coefficient (Wildman–Crippen LogP) is 6.95. The summed E-state index contributed by atoms with van der Waals surface area (Å²) in [5.41, 5.74) is 7.55. The van der Waals surface area contributed by atoms with Crippen molar-refractivity contribution in [1.82, 2.24) is 19.8 Å². The molecule has 41 heavy (non-hydrogen) atoms. The Labute approximate surface area is 246 Å². The van der Waals surface area contributed by atoms with Crippen LogP contribution in [0.5, 0.6) is 0 Å². The number of amides is 1. The third-order valence-corrected chi connectivity index (χ3v) is 8.27. The lowest BCUT2D eigenvalue weighted by atomic mass is 9.96. The summed E-state index contributed by atoms with van der Waals surface area (Å²) in [6.45, 7) is 6.87. The Hall–Kier alpha value is -4.49. The van der Waals surface area contributed by atoms with E-state index in [1.807, 2.05) is 54.7 Å². The first-order chi connectivity index (χ1) is 19.9. The molecule has 0 spiro atoms. The van der Waals surface area contributed by atoms with Gasteiger partial charge in [0.05, 0.1) is 17.8 Å². The van der Waals surface area contributed by atoms with E-state index >= 15 is 0 Å². The molecule has 2 unspecified atom stereocenters. The average Bonchev–Trinajstić information content (AvgIpc) is 3.47. The zero-order chi connectivity index (χ0) is 28.5. The van der Waals surface area contributed by atoms with Gasteiger partial charge in [-0.2, -0.15) is 0 Å². The van der Waals surface area contributed by atoms with Crippen molar-refractivity contribution in [3.63, 3.8) is 0 Å². The van der Waals surface area contributed by atoms with Gasteiger partial charge < -0.3 is 20.1 Å². The number of benzene rings is 3. The van der Waals surface area contributed by atoms with Gasteiger partial charge in [0, 0.05) is 47.3 Å². The maximum atomic E-state index is 13.2. The molecule has 2 aromatic heterocycles. The maximum Gasteiger partial charge on any atom is 0.226 e. The molecule has 0 saturated carbocycles. The summed E-state index contributed by atoms with van der Waals surface area (Å²) >= 11 is 5.88. The highest BCUT2D eigenvalue weighted by Crippen LogP contribution is 2.41. The van der Waals surface area contributed by atoms with Gasteiger partial charge >= 0.3 is 0 Å². The number of anilines is 1. The molecule has 3 aromatic carbocycles. The van der Waals surface area contributed by atoms with Gasteiger partial charge in [0.2, 0.25) is 5.91 Å². The molecule has 206 valence electrons. The monoisotopic (exact) mass is 559 g/mol. The molecule has 1 amide bonds. The van der Waals surface area contributed by atoms with Gasteiger partial charge in [0.25, 0.3) is 0 Å². The van der Waals surface area contributed by atoms with Crippen molar-refractivity contribution >= 4 is 39.7 Å². The molecule has 1 fully saturated rings. The highest BCUT2D eigenvalue weighted by molar-refractivity contribution is 7.80. The van der Waals surface area contributed by atoms with Gasteiger partial charge in [0.15, 0.2) is 5.11 Å². The average molecular weight is 560 g/mol. The number of hydrogen-bond donors (Lipinski definition) is 2. The fourth-order valence-electron chi connectivity index (χ4n) is 5.93. The van der Waals surface area contributed by atoms with Crippen molar-refractivity contribution < 1.29 is 4.79 Å². The van der Waals surface area contributed by atoms with Gasteiger partial charge in [-0.25, -0.2) is 0 Å². The lowest BCUT2D eigenvalue weighted by Crippen LogP contribution is -2.33. The molecule has 0 bridgehead atoms. The largest absolute Gasteiger partial charge is 0.352 e. The zero-order valence-corrected chi connectivity index (χ0v) is 24.3. The predicted molar refractivity (Wildman–Crippen MR) is 169 cm³/mol. The second-order valence-corrected chi connectivity index (χ2v) is 11.0. The molecule has 5 aromatic rings. The minimum absolute atomic E-state index is 0.0469. The summed E-state index contributed by atoms with van der Waals surface area (Å²) < 4.78 is 2.29. The van der Waals surface area contributed by atoms with E-state index in [1.54, 1.807) is 0 Å². The molecule has 6 rings (SSSR count).